The molecule has 0 bridgehead atoms. The molecule has 0 atom stereocenters. The number of benzene rings is 9. The van der Waals surface area contributed by atoms with E-state index in [1.54, 1.807) is 25.9 Å². The molecule has 9 aromatic carbocycles. The lowest BCUT2D eigenvalue weighted by molar-refractivity contribution is 0.729. The molecule has 6 heteroatoms. The summed E-state index contributed by atoms with van der Waals surface area (Å²) in [6.07, 6.45) is 0. The highest BCUT2D eigenvalue weighted by atomic mass is 28.3. The van der Waals surface area contributed by atoms with Gasteiger partial charge in [0.15, 0.2) is 8.07 Å². The second kappa shape index (κ2) is 13.9. The van der Waals surface area contributed by atoms with Crippen molar-refractivity contribution >= 4 is 122 Å². The van der Waals surface area contributed by atoms with Crippen LogP contribution in [0.15, 0.2) is 176 Å². The smallest absolute Gasteiger partial charge is 0.252 e. The monoisotopic (exact) mass is 974 g/mol. The summed E-state index contributed by atoms with van der Waals surface area (Å²) in [7, 11) is -7.23. The molecule has 0 aliphatic carbocycles. The van der Waals surface area contributed by atoms with Crippen molar-refractivity contribution in [1.82, 2.24) is 9.13 Å². The van der Waals surface area contributed by atoms with Crippen molar-refractivity contribution in [3.05, 3.63) is 176 Å². The number of nitrogens with zero attached hydrogens (tertiary/aromatic N) is 2. The largest absolute Gasteiger partial charge is 0.310 e. The van der Waals surface area contributed by atoms with Crippen LogP contribution < -0.4 is 47.5 Å². The van der Waals surface area contributed by atoms with Crippen LogP contribution in [0.2, 0.25) is 36.3 Å². The van der Waals surface area contributed by atoms with Crippen molar-refractivity contribution in [3.63, 3.8) is 0 Å². The summed E-state index contributed by atoms with van der Waals surface area (Å²) in [5.41, 5.74) is 19.3. The third-order valence-electron chi connectivity index (χ3n) is 19.6. The Kier molecular flexibility index (Phi) is 8.27. The minimum absolute atomic E-state index is 0.00146. The van der Waals surface area contributed by atoms with Crippen LogP contribution in [-0.2, 0) is 0 Å². The zero-order valence-electron chi connectivity index (χ0n) is 43.2. The van der Waals surface area contributed by atoms with Crippen molar-refractivity contribution in [1.29, 1.82) is 0 Å². The van der Waals surface area contributed by atoms with Crippen LogP contribution >= 0.6 is 0 Å². The predicted molar refractivity (Wildman–Crippen MR) is 320 cm³/mol. The molecule has 15 rings (SSSR count). The lowest BCUT2D eigenvalue weighted by atomic mass is 9.33. The first-order valence-electron chi connectivity index (χ1n) is 26.3. The highest BCUT2D eigenvalue weighted by Gasteiger charge is 2.57. The molecular formula is C66H59BN2Si3. The van der Waals surface area contributed by atoms with Gasteiger partial charge < -0.3 is 9.13 Å². The molecule has 72 heavy (non-hydrogen) atoms. The van der Waals surface area contributed by atoms with Gasteiger partial charge in [-0.3, -0.25) is 0 Å². The van der Waals surface area contributed by atoms with E-state index in [2.05, 4.69) is 253 Å². The van der Waals surface area contributed by atoms with Gasteiger partial charge in [0.2, 0.25) is 0 Å². The standard InChI is InChI=1S/C66H59BN2Si3/c1-65(2,3)70(7,8)43-36-48-49-37-44(71(9,10)66(4,5)6)39-56-62(49)69-61(48)51(38-43)67-58-45-28-18-17-27-42(45)35-50-57(40-23-13-11-14-24-40)60(41-25-15-12-16-26-41)68(63(50)58)52-33-34-55(64(69)59(52)67)72(56)53-31-21-19-29-46(53)47-30-20-22-32-54(47)72/h11-39H,1-10H3. The highest BCUT2D eigenvalue weighted by Crippen LogP contribution is 2.48. The van der Waals surface area contributed by atoms with Crippen LogP contribution in [0.1, 0.15) is 41.5 Å². The predicted octanol–water partition coefficient (Wildman–Crippen LogP) is 11.5. The average Bonchev–Trinajstić information content (AvgIpc) is 4.00. The summed E-state index contributed by atoms with van der Waals surface area (Å²) in [5, 5.41) is 16.5. The summed E-state index contributed by atoms with van der Waals surface area (Å²) < 4.78 is 5.60. The molecule has 2 aromatic heterocycles. The summed E-state index contributed by atoms with van der Waals surface area (Å²) >= 11 is 0. The third kappa shape index (κ3) is 5.02. The van der Waals surface area contributed by atoms with Gasteiger partial charge >= 0.3 is 0 Å². The summed E-state index contributed by atoms with van der Waals surface area (Å²) in [4.78, 5) is 0. The maximum atomic E-state index is 2.86. The van der Waals surface area contributed by atoms with Crippen LogP contribution in [0.3, 0.4) is 0 Å². The fourth-order valence-corrected chi connectivity index (χ4v) is 23.6. The Morgan fingerprint density at radius 1 is 0.431 bits per heavy atom. The quantitative estimate of drug-likeness (QED) is 0.156. The van der Waals surface area contributed by atoms with Crippen molar-refractivity contribution in [2.24, 2.45) is 0 Å². The van der Waals surface area contributed by atoms with E-state index in [-0.39, 0.29) is 16.8 Å². The van der Waals surface area contributed by atoms with E-state index in [9.17, 15) is 0 Å². The Morgan fingerprint density at radius 2 is 0.986 bits per heavy atom. The van der Waals surface area contributed by atoms with E-state index in [0.29, 0.717) is 0 Å². The van der Waals surface area contributed by atoms with E-state index in [4.69, 9.17) is 0 Å². The molecule has 4 aliphatic heterocycles. The molecule has 0 saturated carbocycles. The molecule has 348 valence electrons. The van der Waals surface area contributed by atoms with Crippen molar-refractivity contribution in [2.45, 2.75) is 77.8 Å². The molecule has 0 fully saturated rings. The first-order chi connectivity index (χ1) is 34.5. The summed E-state index contributed by atoms with van der Waals surface area (Å²) in [6.45, 7) is 25.6. The number of hydrogen-bond acceptors (Lipinski definition) is 0. The zero-order valence-corrected chi connectivity index (χ0v) is 46.2. The molecule has 0 saturated heterocycles. The third-order valence-corrected chi connectivity index (χ3v) is 35.5. The Hall–Kier alpha value is -6.70. The minimum atomic E-state index is -3.02. The molecule has 2 nitrogen and oxygen atoms in total. The molecule has 6 heterocycles. The summed E-state index contributed by atoms with van der Waals surface area (Å²) in [6, 6.07) is 69.8. The van der Waals surface area contributed by atoms with E-state index in [0.717, 1.165) is 0 Å². The fraction of sp³-hybridized carbons (Fsp3) is 0.182. The van der Waals surface area contributed by atoms with Gasteiger partial charge in [0, 0.05) is 38.6 Å². The van der Waals surface area contributed by atoms with Crippen molar-refractivity contribution in [3.8, 4) is 44.9 Å². The minimum Gasteiger partial charge on any atom is -0.310 e. The normalized spacial score (nSPS) is 14.9. The number of aromatic nitrogens is 2. The maximum Gasteiger partial charge on any atom is 0.252 e. The van der Waals surface area contributed by atoms with Gasteiger partial charge in [-0.15, -0.1) is 0 Å². The van der Waals surface area contributed by atoms with Gasteiger partial charge in [0.1, 0.15) is 0 Å². The lowest BCUT2D eigenvalue weighted by Crippen LogP contribution is -2.77. The molecule has 0 amide bonds. The Labute approximate surface area is 427 Å². The van der Waals surface area contributed by atoms with E-state index >= 15 is 0 Å². The average molecular weight is 975 g/mol. The Balaban J connectivity index is 1.24. The maximum absolute atomic E-state index is 3.02. The molecular weight excluding hydrogens is 916 g/mol. The topological polar surface area (TPSA) is 9.86 Å². The molecule has 0 N–H and O–H groups in total. The van der Waals surface area contributed by atoms with E-state index in [1.165, 1.54) is 110 Å². The van der Waals surface area contributed by atoms with Gasteiger partial charge in [-0.2, -0.15) is 0 Å². The molecule has 11 aromatic rings. The first kappa shape index (κ1) is 42.9. The fourth-order valence-electron chi connectivity index (χ4n) is 14.1. The van der Waals surface area contributed by atoms with Crippen LogP contribution in [0, 0.1) is 0 Å². The zero-order chi connectivity index (χ0) is 49.2. The van der Waals surface area contributed by atoms with Gasteiger partial charge in [-0.25, -0.2) is 0 Å². The summed E-state index contributed by atoms with van der Waals surface area (Å²) in [5.74, 6) is 0. The lowest BCUT2D eigenvalue weighted by Gasteiger charge is -2.44. The molecule has 0 unspecified atom stereocenters. The van der Waals surface area contributed by atoms with E-state index < -0.39 is 24.2 Å². The van der Waals surface area contributed by atoms with Crippen molar-refractivity contribution in [2.75, 3.05) is 0 Å². The molecule has 1 spiro atoms. The molecule has 0 radical (unpaired) electrons. The van der Waals surface area contributed by atoms with Gasteiger partial charge in [0.25, 0.3) is 6.71 Å². The number of fused-ring (bicyclic) bond motifs is 13. The Bertz CT molecular complexity index is 4190. The van der Waals surface area contributed by atoms with Gasteiger partial charge in [0.05, 0.1) is 32.9 Å². The van der Waals surface area contributed by atoms with Gasteiger partial charge in [-0.1, -0.05) is 242 Å². The Morgan fingerprint density at radius 3 is 1.62 bits per heavy atom. The first-order valence-corrected chi connectivity index (χ1v) is 34.3. The van der Waals surface area contributed by atoms with E-state index in [1.807, 2.05) is 0 Å². The van der Waals surface area contributed by atoms with Crippen LogP contribution in [0.25, 0.3) is 88.4 Å². The number of rotatable bonds is 4. The second-order valence-corrected chi connectivity index (χ2v) is 39.1. The van der Waals surface area contributed by atoms with Crippen LogP contribution in [0.5, 0.6) is 0 Å². The SMILES string of the molecule is CC(C)(C)[Si](C)(C)c1cc2c3c(c1)c1cc([Si](C)(C)C(C)(C)C)cc4c1n3-c1c(ccc3c1B2c1c2ccccc2cc2c(-c5ccccc5)c(-c5ccccc5)n-3c12)[Si]41c2ccccc2-c2ccccc21. The number of hydrogen-bond donors (Lipinski definition) is 0. The highest BCUT2D eigenvalue weighted by molar-refractivity contribution is 7.24. The van der Waals surface area contributed by atoms with Crippen LogP contribution in [0.4, 0.5) is 0 Å². The molecule has 4 aliphatic rings. The van der Waals surface area contributed by atoms with Crippen molar-refractivity contribution < 1.29 is 0 Å². The van der Waals surface area contributed by atoms with Gasteiger partial charge in [-0.05, 0) is 92.4 Å². The van der Waals surface area contributed by atoms with Crippen LogP contribution in [-0.4, -0.2) is 40.1 Å². The second-order valence-electron chi connectivity index (χ2n) is 24.8.